The Balaban J connectivity index is 2.35. The van der Waals surface area contributed by atoms with Gasteiger partial charge in [0.2, 0.25) is 5.91 Å². The Kier molecular flexibility index (Phi) is 1.47. The van der Waals surface area contributed by atoms with Crippen LogP contribution in [0.25, 0.3) is 0 Å². The van der Waals surface area contributed by atoms with E-state index in [4.69, 9.17) is 0 Å². The van der Waals surface area contributed by atoms with Crippen molar-refractivity contribution in [2.24, 2.45) is 0 Å². The molecule has 0 N–H and O–H groups in total. The van der Waals surface area contributed by atoms with Crippen LogP contribution in [-0.4, -0.2) is 29.5 Å². The molecule has 1 aliphatic heterocycles. The van der Waals surface area contributed by atoms with Crippen LogP contribution in [0.15, 0.2) is 0 Å². The summed E-state index contributed by atoms with van der Waals surface area (Å²) in [5.41, 5.74) is 0. The smallest absolute Gasteiger partial charge is 0.226 e. The first kappa shape index (κ1) is 5.95. The number of nitrogens with zero attached hydrogens (tertiary/aromatic N) is 1. The molecule has 1 saturated heterocycles. The lowest BCUT2D eigenvalue weighted by Crippen LogP contribution is -2.47. The van der Waals surface area contributed by atoms with Gasteiger partial charge in [-0.25, -0.2) is 0 Å². The number of carbonyl (C=O) groups excluding carboxylic acids is 1. The predicted molar refractivity (Wildman–Crippen MR) is 34.7 cm³/mol. The number of amides is 1. The molecule has 0 radical (unpaired) electrons. The summed E-state index contributed by atoms with van der Waals surface area (Å²) >= 11 is 1.73. The Morgan fingerprint density at radius 1 is 1.88 bits per heavy atom. The Morgan fingerprint density at radius 3 is 2.62 bits per heavy atom. The van der Waals surface area contributed by atoms with E-state index in [1.807, 2.05) is 13.3 Å². The molecule has 1 amide bonds. The Bertz CT molecular complexity index is 115. The number of hydrogen-bond acceptors (Lipinski definition) is 2. The highest BCUT2D eigenvalue weighted by molar-refractivity contribution is 7.99. The van der Waals surface area contributed by atoms with E-state index in [0.29, 0.717) is 5.37 Å². The van der Waals surface area contributed by atoms with Crippen molar-refractivity contribution in [2.75, 3.05) is 13.3 Å². The van der Waals surface area contributed by atoms with Gasteiger partial charge in [-0.1, -0.05) is 0 Å². The Labute approximate surface area is 53.2 Å². The van der Waals surface area contributed by atoms with Crippen molar-refractivity contribution in [3.05, 3.63) is 0 Å². The molecule has 1 unspecified atom stereocenters. The molecule has 1 fully saturated rings. The molecule has 46 valence electrons. The van der Waals surface area contributed by atoms with Gasteiger partial charge in [0, 0.05) is 7.05 Å². The van der Waals surface area contributed by atoms with Gasteiger partial charge in [0.05, 0.1) is 11.8 Å². The van der Waals surface area contributed by atoms with Crippen molar-refractivity contribution in [1.29, 1.82) is 0 Å². The number of carbonyl (C=O) groups is 1. The Hall–Kier alpha value is -0.180. The molecule has 1 aliphatic rings. The fourth-order valence-electron chi connectivity index (χ4n) is 0.720. The van der Waals surface area contributed by atoms with Crippen LogP contribution in [0.2, 0.25) is 0 Å². The van der Waals surface area contributed by atoms with Crippen molar-refractivity contribution in [2.45, 2.75) is 11.8 Å². The quantitative estimate of drug-likeness (QED) is 0.484. The van der Waals surface area contributed by atoms with Crippen molar-refractivity contribution in [3.8, 4) is 0 Å². The summed E-state index contributed by atoms with van der Waals surface area (Å²) in [7, 11) is 1.84. The maximum Gasteiger partial charge on any atom is 0.226 e. The van der Waals surface area contributed by atoms with Crippen LogP contribution in [0, 0.1) is 0 Å². The van der Waals surface area contributed by atoms with Gasteiger partial charge in [-0.15, -0.1) is 11.8 Å². The molecule has 0 bridgehead atoms. The molecule has 1 rings (SSSR count). The SMILES string of the molecule is CSC1CC(=O)N1C. The molecular weight excluding hydrogens is 122 g/mol. The molecule has 1 atom stereocenters. The minimum atomic E-state index is 0.268. The zero-order valence-electron chi connectivity index (χ0n) is 5.05. The first-order chi connectivity index (χ1) is 3.75. The van der Waals surface area contributed by atoms with Gasteiger partial charge >= 0.3 is 0 Å². The average Bonchev–Trinajstić information content (AvgIpc) is 1.81. The number of β-lactam (4-membered cyclic amide) rings is 1. The molecule has 2 nitrogen and oxygen atoms in total. The monoisotopic (exact) mass is 131 g/mol. The minimum Gasteiger partial charge on any atom is -0.333 e. The molecule has 1 heterocycles. The standard InChI is InChI=1S/C5H9NOS/c1-6-4(7)3-5(6)8-2/h5H,3H2,1-2H3. The summed E-state index contributed by atoms with van der Waals surface area (Å²) in [4.78, 5) is 12.3. The lowest BCUT2D eigenvalue weighted by molar-refractivity contribution is -0.139. The van der Waals surface area contributed by atoms with E-state index in [-0.39, 0.29) is 5.91 Å². The molecular formula is C5H9NOS. The van der Waals surface area contributed by atoms with Gasteiger partial charge in [0.25, 0.3) is 0 Å². The van der Waals surface area contributed by atoms with Crippen LogP contribution < -0.4 is 0 Å². The molecule has 8 heavy (non-hydrogen) atoms. The van der Waals surface area contributed by atoms with Gasteiger partial charge in [0.15, 0.2) is 0 Å². The number of thioether (sulfide) groups is 1. The van der Waals surface area contributed by atoms with E-state index in [1.165, 1.54) is 0 Å². The Morgan fingerprint density at radius 2 is 2.50 bits per heavy atom. The highest BCUT2D eigenvalue weighted by Crippen LogP contribution is 2.24. The highest BCUT2D eigenvalue weighted by atomic mass is 32.2. The third kappa shape index (κ3) is 0.708. The van der Waals surface area contributed by atoms with Gasteiger partial charge in [-0.2, -0.15) is 0 Å². The summed E-state index contributed by atoms with van der Waals surface area (Å²) < 4.78 is 0. The number of rotatable bonds is 1. The van der Waals surface area contributed by atoms with Gasteiger partial charge < -0.3 is 4.90 Å². The van der Waals surface area contributed by atoms with Crippen molar-refractivity contribution in [3.63, 3.8) is 0 Å². The van der Waals surface area contributed by atoms with Crippen LogP contribution in [0.3, 0.4) is 0 Å². The first-order valence-electron chi connectivity index (χ1n) is 2.54. The highest BCUT2D eigenvalue weighted by Gasteiger charge is 2.31. The second-order valence-electron chi connectivity index (χ2n) is 1.90. The second-order valence-corrected chi connectivity index (χ2v) is 2.91. The van der Waals surface area contributed by atoms with E-state index in [9.17, 15) is 4.79 Å². The third-order valence-electron chi connectivity index (χ3n) is 1.45. The van der Waals surface area contributed by atoms with Crippen LogP contribution in [0.5, 0.6) is 0 Å². The van der Waals surface area contributed by atoms with Gasteiger partial charge in [0.1, 0.15) is 0 Å². The first-order valence-corrected chi connectivity index (χ1v) is 3.83. The third-order valence-corrected chi connectivity index (χ3v) is 2.47. The second kappa shape index (κ2) is 1.97. The average molecular weight is 131 g/mol. The van der Waals surface area contributed by atoms with E-state index >= 15 is 0 Å². The lowest BCUT2D eigenvalue weighted by atomic mass is 10.2. The normalized spacial score (nSPS) is 28.0. The van der Waals surface area contributed by atoms with Gasteiger partial charge in [-0.05, 0) is 6.26 Å². The van der Waals surface area contributed by atoms with Crippen LogP contribution >= 0.6 is 11.8 Å². The molecule has 0 aromatic heterocycles. The lowest BCUT2D eigenvalue weighted by Gasteiger charge is -2.35. The van der Waals surface area contributed by atoms with E-state index in [0.717, 1.165) is 6.42 Å². The fraction of sp³-hybridized carbons (Fsp3) is 0.800. The van der Waals surface area contributed by atoms with E-state index < -0.39 is 0 Å². The number of likely N-dealkylation sites (tertiary alicyclic amines) is 1. The summed E-state index contributed by atoms with van der Waals surface area (Å²) in [5.74, 6) is 0.268. The molecule has 0 aromatic carbocycles. The van der Waals surface area contributed by atoms with E-state index in [2.05, 4.69) is 0 Å². The zero-order chi connectivity index (χ0) is 6.15. The molecule has 3 heteroatoms. The minimum absolute atomic E-state index is 0.268. The maximum atomic E-state index is 10.5. The summed E-state index contributed by atoms with van der Waals surface area (Å²) in [6.45, 7) is 0. The largest absolute Gasteiger partial charge is 0.333 e. The molecule has 0 spiro atoms. The topological polar surface area (TPSA) is 20.3 Å². The van der Waals surface area contributed by atoms with Crippen LogP contribution in [0.1, 0.15) is 6.42 Å². The molecule has 0 aromatic rings. The zero-order valence-corrected chi connectivity index (χ0v) is 5.86. The van der Waals surface area contributed by atoms with Crippen LogP contribution in [-0.2, 0) is 4.79 Å². The van der Waals surface area contributed by atoms with Crippen molar-refractivity contribution >= 4 is 17.7 Å². The summed E-state index contributed by atoms with van der Waals surface area (Å²) in [5, 5.41) is 0.461. The summed E-state index contributed by atoms with van der Waals surface area (Å²) in [6, 6.07) is 0. The summed E-state index contributed by atoms with van der Waals surface area (Å²) in [6.07, 6.45) is 2.76. The van der Waals surface area contributed by atoms with Crippen molar-refractivity contribution < 1.29 is 4.79 Å². The van der Waals surface area contributed by atoms with Crippen molar-refractivity contribution in [1.82, 2.24) is 4.90 Å². The van der Waals surface area contributed by atoms with E-state index in [1.54, 1.807) is 16.7 Å². The van der Waals surface area contributed by atoms with Gasteiger partial charge in [-0.3, -0.25) is 4.79 Å². The predicted octanol–water partition coefficient (Wildman–Crippen LogP) is 0.538. The fourth-order valence-corrected chi connectivity index (χ4v) is 1.46. The molecule has 0 aliphatic carbocycles. The van der Waals surface area contributed by atoms with Crippen LogP contribution in [0.4, 0.5) is 0 Å². The maximum absolute atomic E-state index is 10.5. The molecule has 0 saturated carbocycles. The number of hydrogen-bond donors (Lipinski definition) is 0.